The van der Waals surface area contributed by atoms with E-state index in [9.17, 15) is 0 Å². The molecule has 0 aliphatic heterocycles. The van der Waals surface area contributed by atoms with E-state index >= 15 is 0 Å². The topological polar surface area (TPSA) is 47.9 Å². The van der Waals surface area contributed by atoms with Gasteiger partial charge in [-0.25, -0.2) is 0 Å². The summed E-state index contributed by atoms with van der Waals surface area (Å²) in [5, 5.41) is 8.07. The summed E-state index contributed by atoms with van der Waals surface area (Å²) in [6.45, 7) is 10.2. The second kappa shape index (κ2) is 18.6. The molecule has 0 rings (SSSR count). The van der Waals surface area contributed by atoms with Gasteiger partial charge in [0.25, 0.3) is 0 Å². The third-order valence-corrected chi connectivity index (χ3v) is 1.22. The molecule has 0 amide bonds. The maximum atomic E-state index is 8.07. The van der Waals surface area contributed by atoms with Gasteiger partial charge in [-0.2, -0.15) is 0 Å². The van der Waals surface area contributed by atoms with E-state index in [1.54, 1.807) is 0 Å². The molecule has 88 valence electrons. The molecule has 0 aliphatic rings. The van der Waals surface area contributed by atoms with Crippen LogP contribution in [0.2, 0.25) is 0 Å². The van der Waals surface area contributed by atoms with Crippen molar-refractivity contribution in [3.05, 3.63) is 0 Å². The highest BCUT2D eigenvalue weighted by Crippen LogP contribution is 1.75. The van der Waals surface area contributed by atoms with E-state index < -0.39 is 0 Å². The van der Waals surface area contributed by atoms with Gasteiger partial charge in [-0.05, 0) is 20.8 Å². The zero-order valence-corrected chi connectivity index (χ0v) is 9.62. The fourth-order valence-corrected chi connectivity index (χ4v) is 0.615. The second-order valence-corrected chi connectivity index (χ2v) is 2.31. The van der Waals surface area contributed by atoms with Crippen molar-refractivity contribution in [3.8, 4) is 0 Å². The van der Waals surface area contributed by atoms with Crippen LogP contribution in [0.15, 0.2) is 0 Å². The van der Waals surface area contributed by atoms with E-state index in [0.717, 1.165) is 26.4 Å². The minimum atomic E-state index is 0.133. The third-order valence-electron chi connectivity index (χ3n) is 1.22. The monoisotopic (exact) mass is 208 g/mol. The number of aliphatic hydroxyl groups is 1. The predicted molar refractivity (Wildman–Crippen MR) is 56.6 cm³/mol. The second-order valence-electron chi connectivity index (χ2n) is 2.31. The molecular weight excluding hydrogens is 184 g/mol. The van der Waals surface area contributed by atoms with Crippen LogP contribution in [0.4, 0.5) is 0 Å². The first kappa shape index (κ1) is 16.3. The van der Waals surface area contributed by atoms with Gasteiger partial charge < -0.3 is 19.3 Å². The van der Waals surface area contributed by atoms with E-state index in [0.29, 0.717) is 13.2 Å². The number of hydrogen-bond acceptors (Lipinski definition) is 4. The van der Waals surface area contributed by atoms with Crippen molar-refractivity contribution in [1.29, 1.82) is 0 Å². The van der Waals surface area contributed by atoms with Gasteiger partial charge in [0.15, 0.2) is 0 Å². The fraction of sp³-hybridized carbons (Fsp3) is 1.00. The Morgan fingerprint density at radius 1 is 0.714 bits per heavy atom. The van der Waals surface area contributed by atoms with Crippen LogP contribution in [0.25, 0.3) is 0 Å². The van der Waals surface area contributed by atoms with Gasteiger partial charge >= 0.3 is 0 Å². The average molecular weight is 208 g/mol. The van der Waals surface area contributed by atoms with Crippen LogP contribution in [0.5, 0.6) is 0 Å². The van der Waals surface area contributed by atoms with E-state index in [2.05, 4.69) is 0 Å². The summed E-state index contributed by atoms with van der Waals surface area (Å²) in [4.78, 5) is 0. The molecule has 0 fully saturated rings. The maximum absolute atomic E-state index is 8.07. The average Bonchev–Trinajstić information content (AvgIpc) is 2.22. The van der Waals surface area contributed by atoms with Gasteiger partial charge in [0.2, 0.25) is 0 Å². The van der Waals surface area contributed by atoms with Crippen LogP contribution >= 0.6 is 0 Å². The highest BCUT2D eigenvalue weighted by Gasteiger charge is 1.81. The van der Waals surface area contributed by atoms with Gasteiger partial charge in [0, 0.05) is 19.8 Å². The van der Waals surface area contributed by atoms with Crippen molar-refractivity contribution in [2.24, 2.45) is 0 Å². The minimum Gasteiger partial charge on any atom is -0.394 e. The summed E-state index contributed by atoms with van der Waals surface area (Å²) in [7, 11) is 0. The van der Waals surface area contributed by atoms with Gasteiger partial charge in [-0.3, -0.25) is 0 Å². The van der Waals surface area contributed by atoms with Crippen molar-refractivity contribution in [1.82, 2.24) is 0 Å². The molecule has 0 aromatic carbocycles. The summed E-state index contributed by atoms with van der Waals surface area (Å²) in [5.41, 5.74) is 0. The van der Waals surface area contributed by atoms with Crippen LogP contribution in [-0.4, -0.2) is 51.4 Å². The third kappa shape index (κ3) is 22.6. The molecule has 0 unspecified atom stereocenters. The molecule has 0 saturated heterocycles. The first-order valence-corrected chi connectivity index (χ1v) is 5.17. The largest absolute Gasteiger partial charge is 0.394 e. The zero-order valence-electron chi connectivity index (χ0n) is 9.62. The summed E-state index contributed by atoms with van der Waals surface area (Å²) in [5.74, 6) is 0. The minimum absolute atomic E-state index is 0.133. The molecular formula is C10H24O4. The lowest BCUT2D eigenvalue weighted by Gasteiger charge is -1.99. The Labute approximate surface area is 87.2 Å². The lowest BCUT2D eigenvalue weighted by Crippen LogP contribution is -2.02. The molecule has 4 nitrogen and oxygen atoms in total. The Morgan fingerprint density at radius 3 is 1.29 bits per heavy atom. The van der Waals surface area contributed by atoms with Gasteiger partial charge in [-0.15, -0.1) is 0 Å². The highest BCUT2D eigenvalue weighted by molar-refractivity contribution is 4.24. The van der Waals surface area contributed by atoms with Crippen LogP contribution in [0, 0.1) is 0 Å². The SMILES string of the molecule is CCOCCO.CCOCCOCC. The van der Waals surface area contributed by atoms with Crippen molar-refractivity contribution in [2.75, 3.05) is 46.2 Å². The van der Waals surface area contributed by atoms with Crippen molar-refractivity contribution < 1.29 is 19.3 Å². The Bertz CT molecular complexity index is 68.5. The van der Waals surface area contributed by atoms with Crippen molar-refractivity contribution in [2.45, 2.75) is 20.8 Å². The standard InChI is InChI=1S/C6H14O2.C4H10O2/c1-3-7-5-6-8-4-2;1-2-6-4-3-5/h3-6H2,1-2H3;5H,2-4H2,1H3. The van der Waals surface area contributed by atoms with Crippen LogP contribution in [0.3, 0.4) is 0 Å². The molecule has 0 saturated carbocycles. The molecule has 0 aromatic heterocycles. The first-order chi connectivity index (χ1) is 6.83. The van der Waals surface area contributed by atoms with Crippen molar-refractivity contribution >= 4 is 0 Å². The molecule has 4 heteroatoms. The van der Waals surface area contributed by atoms with Crippen LogP contribution < -0.4 is 0 Å². The Morgan fingerprint density at radius 2 is 1.07 bits per heavy atom. The van der Waals surface area contributed by atoms with E-state index in [1.807, 2.05) is 20.8 Å². The van der Waals surface area contributed by atoms with Crippen molar-refractivity contribution in [3.63, 3.8) is 0 Å². The van der Waals surface area contributed by atoms with Crippen LogP contribution in [0.1, 0.15) is 20.8 Å². The molecule has 0 aliphatic carbocycles. The fourth-order valence-electron chi connectivity index (χ4n) is 0.615. The molecule has 0 spiro atoms. The highest BCUT2D eigenvalue weighted by atomic mass is 16.5. The zero-order chi connectivity index (χ0) is 11.1. The normalized spacial score (nSPS) is 9.43. The van der Waals surface area contributed by atoms with Gasteiger partial charge in [0.1, 0.15) is 0 Å². The molecule has 1 N–H and O–H groups in total. The van der Waals surface area contributed by atoms with Crippen LogP contribution in [-0.2, 0) is 14.2 Å². The molecule has 0 bridgehead atoms. The molecule has 0 radical (unpaired) electrons. The quantitative estimate of drug-likeness (QED) is 0.606. The summed E-state index contributed by atoms with van der Waals surface area (Å²) >= 11 is 0. The summed E-state index contributed by atoms with van der Waals surface area (Å²) < 4.78 is 14.8. The Kier molecular flexibility index (Phi) is 21.6. The Balaban J connectivity index is 0. The maximum Gasteiger partial charge on any atom is 0.0700 e. The first-order valence-electron chi connectivity index (χ1n) is 5.17. The van der Waals surface area contributed by atoms with Gasteiger partial charge in [-0.1, -0.05) is 0 Å². The number of aliphatic hydroxyl groups excluding tert-OH is 1. The number of rotatable bonds is 8. The summed E-state index contributed by atoms with van der Waals surface area (Å²) in [6, 6.07) is 0. The number of ether oxygens (including phenoxy) is 3. The lowest BCUT2D eigenvalue weighted by atomic mass is 10.7. The Hall–Kier alpha value is -0.160. The van der Waals surface area contributed by atoms with Gasteiger partial charge in [0.05, 0.1) is 26.4 Å². The van der Waals surface area contributed by atoms with E-state index in [-0.39, 0.29) is 6.61 Å². The lowest BCUT2D eigenvalue weighted by molar-refractivity contribution is 0.0584. The van der Waals surface area contributed by atoms with E-state index in [4.69, 9.17) is 19.3 Å². The molecule has 0 atom stereocenters. The summed E-state index contributed by atoms with van der Waals surface area (Å²) in [6.07, 6.45) is 0. The number of hydrogen-bond donors (Lipinski definition) is 1. The molecule has 0 heterocycles. The van der Waals surface area contributed by atoms with E-state index in [1.165, 1.54) is 0 Å². The molecule has 0 aromatic rings. The smallest absolute Gasteiger partial charge is 0.0700 e. The molecule has 14 heavy (non-hydrogen) atoms. The predicted octanol–water partition coefficient (Wildman–Crippen LogP) is 1.07.